The van der Waals surface area contributed by atoms with E-state index in [-0.39, 0.29) is 28.5 Å². The topological polar surface area (TPSA) is 105 Å². The van der Waals surface area contributed by atoms with Gasteiger partial charge >= 0.3 is 5.63 Å². The molecule has 2 aliphatic rings. The van der Waals surface area contributed by atoms with Gasteiger partial charge in [-0.3, -0.25) is 9.59 Å². The number of aromatic nitrogens is 2. The number of H-pyrrole nitrogens is 1. The minimum Gasteiger partial charge on any atom is -0.403 e. The average Bonchev–Trinajstić information content (AvgIpc) is 3.66. The molecule has 2 heterocycles. The summed E-state index contributed by atoms with van der Waals surface area (Å²) in [6, 6.07) is 1.34. The Balaban J connectivity index is 1.43. The quantitative estimate of drug-likeness (QED) is 0.164. The molecular weight excluding hydrogens is 576 g/mol. The van der Waals surface area contributed by atoms with Crippen molar-refractivity contribution < 1.29 is 18.0 Å². The van der Waals surface area contributed by atoms with E-state index in [4.69, 9.17) is 4.42 Å². The van der Waals surface area contributed by atoms with E-state index >= 15 is 0 Å². The molecule has 0 saturated heterocycles. The van der Waals surface area contributed by atoms with Crippen molar-refractivity contribution in [2.45, 2.75) is 104 Å². The molecule has 244 valence electrons. The number of fused-ring (bicyclic) bond motifs is 1. The zero-order valence-corrected chi connectivity index (χ0v) is 26.9. The fourth-order valence-corrected chi connectivity index (χ4v) is 7.09. The second kappa shape index (κ2) is 15.6. The summed E-state index contributed by atoms with van der Waals surface area (Å²) >= 11 is 0. The molecule has 2 aromatic heterocycles. The summed E-state index contributed by atoms with van der Waals surface area (Å²) in [5, 5.41) is 2.82. The molecule has 0 bridgehead atoms. The first kappa shape index (κ1) is 34.3. The van der Waals surface area contributed by atoms with Crippen molar-refractivity contribution in [3.05, 3.63) is 85.5 Å². The van der Waals surface area contributed by atoms with Gasteiger partial charge < -0.3 is 14.7 Å². The minimum absolute atomic E-state index is 0.0501. The van der Waals surface area contributed by atoms with Crippen LogP contribution in [0.4, 0.5) is 8.78 Å². The summed E-state index contributed by atoms with van der Waals surface area (Å²) in [4.78, 5) is 44.6. The number of aromatic amines is 1. The molecule has 3 atom stereocenters. The smallest absolute Gasteiger partial charge is 0.337 e. The van der Waals surface area contributed by atoms with Crippen molar-refractivity contribution in [3.63, 3.8) is 0 Å². The van der Waals surface area contributed by atoms with Crippen LogP contribution < -0.4 is 16.5 Å². The van der Waals surface area contributed by atoms with Crippen LogP contribution in [0.3, 0.4) is 0 Å². The predicted octanol–water partition coefficient (Wildman–Crippen LogP) is 8.03. The van der Waals surface area contributed by atoms with Gasteiger partial charge in [-0.25, -0.2) is 13.6 Å². The van der Waals surface area contributed by atoms with E-state index in [1.54, 1.807) is 0 Å². The van der Waals surface area contributed by atoms with Gasteiger partial charge in [0.15, 0.2) is 6.17 Å². The van der Waals surface area contributed by atoms with E-state index in [0.29, 0.717) is 35.3 Å². The molecule has 3 unspecified atom stereocenters. The fraction of sp³-hybridized carbons (Fsp3) is 0.556. The summed E-state index contributed by atoms with van der Waals surface area (Å²) < 4.78 is 32.0. The first-order valence-corrected chi connectivity index (χ1v) is 16.3. The second-order valence-electron chi connectivity index (χ2n) is 13.2. The number of carbonyl (C=O) groups excluding carboxylic acids is 1. The highest BCUT2D eigenvalue weighted by Crippen LogP contribution is 2.38. The van der Waals surface area contributed by atoms with E-state index in [9.17, 15) is 23.2 Å². The zero-order valence-electron chi connectivity index (χ0n) is 26.9. The van der Waals surface area contributed by atoms with Gasteiger partial charge in [-0.15, -0.1) is 0 Å². The highest BCUT2D eigenvalue weighted by molar-refractivity contribution is 5.99. The number of hydrogen-bond acceptors (Lipinski definition) is 5. The molecule has 1 amide bonds. The Morgan fingerprint density at radius 3 is 2.51 bits per heavy atom. The number of alkyl halides is 2. The Kier molecular flexibility index (Phi) is 11.9. The van der Waals surface area contributed by atoms with E-state index in [2.05, 4.69) is 34.5 Å². The molecule has 0 radical (unpaired) electrons. The van der Waals surface area contributed by atoms with Gasteiger partial charge in [-0.2, -0.15) is 4.98 Å². The van der Waals surface area contributed by atoms with Crippen molar-refractivity contribution in [2.75, 3.05) is 6.67 Å². The second-order valence-corrected chi connectivity index (χ2v) is 13.2. The van der Waals surface area contributed by atoms with E-state index in [1.807, 2.05) is 13.8 Å². The van der Waals surface area contributed by atoms with Crippen LogP contribution in [-0.2, 0) is 11.2 Å². The monoisotopic (exact) mass is 623 g/mol. The van der Waals surface area contributed by atoms with Crippen molar-refractivity contribution in [1.29, 1.82) is 0 Å². The van der Waals surface area contributed by atoms with Crippen LogP contribution in [0.25, 0.3) is 11.1 Å². The molecule has 9 heteroatoms. The highest BCUT2D eigenvalue weighted by Gasteiger charge is 2.26. The van der Waals surface area contributed by atoms with Crippen LogP contribution in [0, 0.1) is 17.8 Å². The molecule has 7 nitrogen and oxygen atoms in total. The number of allylic oxidation sites excluding steroid dienone is 4. The van der Waals surface area contributed by atoms with Gasteiger partial charge in [-0.1, -0.05) is 62.5 Å². The van der Waals surface area contributed by atoms with Gasteiger partial charge in [0.1, 0.15) is 17.9 Å². The normalized spacial score (nSPS) is 19.5. The number of rotatable bonds is 14. The van der Waals surface area contributed by atoms with Gasteiger partial charge in [0.05, 0.1) is 0 Å². The number of carbonyl (C=O) groups is 1. The third-order valence-electron chi connectivity index (χ3n) is 9.29. The maximum Gasteiger partial charge on any atom is 0.337 e. The fourth-order valence-electron chi connectivity index (χ4n) is 7.09. The molecule has 0 aromatic carbocycles. The Hall–Kier alpha value is -3.62. The van der Waals surface area contributed by atoms with Crippen molar-refractivity contribution in [2.24, 2.45) is 17.8 Å². The van der Waals surface area contributed by atoms with Crippen molar-refractivity contribution in [1.82, 2.24) is 15.3 Å². The molecule has 2 saturated carbocycles. The molecule has 2 fully saturated rings. The minimum atomic E-state index is -1.49. The third kappa shape index (κ3) is 9.21. The van der Waals surface area contributed by atoms with Crippen LogP contribution in [0.2, 0.25) is 0 Å². The Morgan fingerprint density at radius 1 is 1.13 bits per heavy atom. The van der Waals surface area contributed by atoms with Crippen LogP contribution in [0.1, 0.15) is 109 Å². The molecule has 2 aliphatic carbocycles. The van der Waals surface area contributed by atoms with Gasteiger partial charge in [0, 0.05) is 17.3 Å². The van der Waals surface area contributed by atoms with E-state index in [0.717, 1.165) is 61.7 Å². The molecule has 0 spiro atoms. The lowest BCUT2D eigenvalue weighted by Gasteiger charge is -2.18. The number of hydrogen-bond donors (Lipinski definition) is 2. The van der Waals surface area contributed by atoms with Crippen LogP contribution in [-0.4, -0.2) is 22.5 Å². The van der Waals surface area contributed by atoms with Crippen LogP contribution in [0.5, 0.6) is 0 Å². The summed E-state index contributed by atoms with van der Waals surface area (Å²) in [6.07, 6.45) is 12.5. The lowest BCUT2D eigenvalue weighted by molar-refractivity contribution is -0.116. The zero-order chi connectivity index (χ0) is 32.7. The lowest BCUT2D eigenvalue weighted by atomic mass is 9.88. The molecule has 2 N–H and O–H groups in total. The Morgan fingerprint density at radius 2 is 1.84 bits per heavy atom. The average molecular weight is 624 g/mol. The summed E-state index contributed by atoms with van der Waals surface area (Å²) in [5.74, 6) is 1.02. The summed E-state index contributed by atoms with van der Waals surface area (Å²) in [5.41, 5.74) is 2.76. The number of halogens is 2. The maximum absolute atomic E-state index is 13.8. The molecule has 2 aromatic rings. The van der Waals surface area contributed by atoms with Crippen molar-refractivity contribution in [3.8, 4) is 0 Å². The standard InChI is InChI=1S/C36H47F2N3O4/c1-21(2)31(34(43)39-23(4)20-37)28(14-12-25-8-6-7-9-25)17-22(3)16-27-11-10-26(18-27)13-15-29-19-30(42)45-36-32(29)35(44)40-33(41-36)24(5)38/h17,19,24-27H,3-4,6-16,18,20H2,1-2,5H3,(H,39,43)(H,40,41,44)/b28-17-. The van der Waals surface area contributed by atoms with E-state index in [1.165, 1.54) is 38.7 Å². The first-order chi connectivity index (χ1) is 21.4. The van der Waals surface area contributed by atoms with Gasteiger partial charge in [-0.05, 0) is 94.6 Å². The number of nitrogens with one attached hydrogen (secondary N) is 2. The lowest BCUT2D eigenvalue weighted by Crippen LogP contribution is -2.26. The summed E-state index contributed by atoms with van der Waals surface area (Å²) in [6.45, 7) is 12.3. The van der Waals surface area contributed by atoms with Gasteiger partial charge in [0.25, 0.3) is 11.5 Å². The van der Waals surface area contributed by atoms with Crippen LogP contribution >= 0.6 is 0 Å². The van der Waals surface area contributed by atoms with Gasteiger partial charge in [0.2, 0.25) is 5.71 Å². The third-order valence-corrected chi connectivity index (χ3v) is 9.29. The SMILES string of the molecule is C=C(/C=C(/CCC1CCCC1)C(C(=O)NC(=C)CF)=C(C)C)CC1CCC(CCc2cc(=O)oc3nc(C(C)F)[nH]c(=O)c23)C1. The largest absolute Gasteiger partial charge is 0.403 e. The Labute approximate surface area is 264 Å². The highest BCUT2D eigenvalue weighted by atomic mass is 19.1. The maximum atomic E-state index is 13.8. The number of nitrogens with zero attached hydrogens (tertiary/aromatic N) is 1. The number of amides is 1. The molecule has 4 rings (SSSR count). The Bertz CT molecular complexity index is 1590. The van der Waals surface area contributed by atoms with Crippen LogP contribution in [0.15, 0.2) is 67.3 Å². The molecule has 0 aliphatic heterocycles. The number of aryl methyl sites for hydroxylation is 1. The van der Waals surface area contributed by atoms with E-state index < -0.39 is 24.0 Å². The van der Waals surface area contributed by atoms with Crippen molar-refractivity contribution >= 4 is 17.0 Å². The first-order valence-electron chi connectivity index (χ1n) is 16.3. The summed E-state index contributed by atoms with van der Waals surface area (Å²) in [7, 11) is 0. The molecular formula is C36H47F2N3O4. The predicted molar refractivity (Wildman–Crippen MR) is 174 cm³/mol. The molecule has 45 heavy (non-hydrogen) atoms.